The Hall–Kier alpha value is -1.87. The fraction of sp³-hybridized carbons (Fsp3) is 0.476. The minimum Gasteiger partial charge on any atom is -0.466 e. The van der Waals surface area contributed by atoms with Crippen LogP contribution in [0.15, 0.2) is 58.7 Å². The Labute approximate surface area is 146 Å². The van der Waals surface area contributed by atoms with Crippen molar-refractivity contribution in [2.45, 2.75) is 53.6 Å². The molecule has 0 aromatic carbocycles. The van der Waals surface area contributed by atoms with E-state index in [-0.39, 0.29) is 17.5 Å². The lowest BCUT2D eigenvalue weighted by atomic mass is 9.71. The number of esters is 1. The van der Waals surface area contributed by atoms with Gasteiger partial charge >= 0.3 is 5.97 Å². The summed E-state index contributed by atoms with van der Waals surface area (Å²) < 4.78 is 4.59. The van der Waals surface area contributed by atoms with Gasteiger partial charge in [0, 0.05) is 6.08 Å². The van der Waals surface area contributed by atoms with Crippen LogP contribution in [-0.4, -0.2) is 24.3 Å². The van der Waals surface area contributed by atoms with Crippen LogP contribution in [0, 0.1) is 5.41 Å². The van der Waals surface area contributed by atoms with Gasteiger partial charge in [-0.25, -0.2) is 4.79 Å². The molecule has 132 valence electrons. The lowest BCUT2D eigenvalue weighted by molar-refractivity contribution is -0.134. The van der Waals surface area contributed by atoms with Crippen LogP contribution >= 0.6 is 0 Å². The van der Waals surface area contributed by atoms with E-state index in [0.29, 0.717) is 0 Å². The number of hydrogen-bond donors (Lipinski definition) is 1. The van der Waals surface area contributed by atoms with Crippen LogP contribution in [0.4, 0.5) is 0 Å². The van der Waals surface area contributed by atoms with Crippen molar-refractivity contribution in [3.8, 4) is 0 Å². The molecule has 0 saturated carbocycles. The Kier molecular flexibility index (Phi) is 7.43. The molecule has 3 nitrogen and oxygen atoms in total. The van der Waals surface area contributed by atoms with Crippen LogP contribution in [0.3, 0.4) is 0 Å². The van der Waals surface area contributed by atoms with Crippen molar-refractivity contribution >= 4 is 5.97 Å². The molecule has 1 N–H and O–H groups in total. The predicted octanol–water partition coefficient (Wildman–Crippen LogP) is 4.66. The van der Waals surface area contributed by atoms with Crippen LogP contribution in [0.2, 0.25) is 0 Å². The van der Waals surface area contributed by atoms with Crippen molar-refractivity contribution in [2.75, 3.05) is 7.11 Å². The molecule has 1 aliphatic rings. The predicted molar refractivity (Wildman–Crippen MR) is 99.5 cm³/mol. The average molecular weight is 330 g/mol. The molecule has 0 radical (unpaired) electrons. The molecule has 0 spiro atoms. The topological polar surface area (TPSA) is 46.5 Å². The van der Waals surface area contributed by atoms with E-state index in [9.17, 15) is 9.90 Å². The van der Waals surface area contributed by atoms with Crippen LogP contribution in [-0.2, 0) is 9.53 Å². The molecular weight excluding hydrogens is 300 g/mol. The molecule has 0 bridgehead atoms. The van der Waals surface area contributed by atoms with Crippen molar-refractivity contribution in [3.05, 3.63) is 58.7 Å². The first-order chi connectivity index (χ1) is 11.2. The van der Waals surface area contributed by atoms with Gasteiger partial charge in [-0.3, -0.25) is 0 Å². The minimum atomic E-state index is -0.349. The fourth-order valence-corrected chi connectivity index (χ4v) is 2.83. The molecular formula is C21H30O3. The molecule has 1 rings (SSSR count). The number of allylic oxidation sites excluding steroid dienone is 8. The van der Waals surface area contributed by atoms with Crippen molar-refractivity contribution in [2.24, 2.45) is 5.41 Å². The summed E-state index contributed by atoms with van der Waals surface area (Å²) in [6.07, 6.45) is 12.9. The molecule has 0 saturated heterocycles. The molecule has 0 aromatic rings. The van der Waals surface area contributed by atoms with Crippen molar-refractivity contribution < 1.29 is 14.6 Å². The number of aliphatic hydroxyl groups is 1. The summed E-state index contributed by atoms with van der Waals surface area (Å²) in [5, 5.41) is 10.1. The van der Waals surface area contributed by atoms with E-state index in [1.54, 1.807) is 0 Å². The summed E-state index contributed by atoms with van der Waals surface area (Å²) in [5.74, 6) is -0.349. The van der Waals surface area contributed by atoms with Gasteiger partial charge in [0.05, 0.1) is 13.2 Å². The molecule has 24 heavy (non-hydrogen) atoms. The maximum atomic E-state index is 11.1. The number of ether oxygens (including phenoxy) is 1. The Morgan fingerprint density at radius 1 is 1.25 bits per heavy atom. The molecule has 1 atom stereocenters. The molecule has 0 heterocycles. The lowest BCUT2D eigenvalue weighted by Gasteiger charge is -2.35. The van der Waals surface area contributed by atoms with E-state index >= 15 is 0 Å². The van der Waals surface area contributed by atoms with Gasteiger partial charge in [0.1, 0.15) is 0 Å². The van der Waals surface area contributed by atoms with E-state index in [1.165, 1.54) is 18.8 Å². The number of hydrogen-bond acceptors (Lipinski definition) is 3. The van der Waals surface area contributed by atoms with Crippen LogP contribution in [0.25, 0.3) is 0 Å². The van der Waals surface area contributed by atoms with E-state index in [4.69, 9.17) is 0 Å². The first kappa shape index (κ1) is 20.2. The van der Waals surface area contributed by atoms with Gasteiger partial charge in [-0.2, -0.15) is 0 Å². The summed E-state index contributed by atoms with van der Waals surface area (Å²) in [5.41, 5.74) is 4.33. The molecule has 0 amide bonds. The zero-order valence-corrected chi connectivity index (χ0v) is 15.7. The normalized spacial score (nSPS) is 22.5. The first-order valence-electron chi connectivity index (χ1n) is 8.36. The molecule has 0 aliphatic heterocycles. The lowest BCUT2D eigenvalue weighted by Crippen LogP contribution is -2.27. The smallest absolute Gasteiger partial charge is 0.330 e. The minimum absolute atomic E-state index is 0.0930. The zero-order valence-electron chi connectivity index (χ0n) is 15.7. The molecule has 1 unspecified atom stereocenters. The Balaban J connectivity index is 2.84. The van der Waals surface area contributed by atoms with E-state index < -0.39 is 0 Å². The van der Waals surface area contributed by atoms with Crippen LogP contribution in [0.1, 0.15) is 47.5 Å². The van der Waals surface area contributed by atoms with Gasteiger partial charge in [0.2, 0.25) is 0 Å². The number of rotatable bonds is 5. The summed E-state index contributed by atoms with van der Waals surface area (Å²) in [7, 11) is 1.37. The maximum Gasteiger partial charge on any atom is 0.330 e. The van der Waals surface area contributed by atoms with Crippen molar-refractivity contribution in [3.63, 3.8) is 0 Å². The maximum absolute atomic E-state index is 11.1. The van der Waals surface area contributed by atoms with Crippen LogP contribution < -0.4 is 0 Å². The second-order valence-corrected chi connectivity index (χ2v) is 7.05. The number of methoxy groups -OCH3 is 1. The monoisotopic (exact) mass is 330 g/mol. The number of carbonyl (C=O) groups excluding carboxylic acids is 1. The van der Waals surface area contributed by atoms with Gasteiger partial charge in [-0.15, -0.1) is 0 Å². The summed E-state index contributed by atoms with van der Waals surface area (Å²) in [4.78, 5) is 11.1. The highest BCUT2D eigenvalue weighted by molar-refractivity contribution is 5.83. The third kappa shape index (κ3) is 5.97. The van der Waals surface area contributed by atoms with Gasteiger partial charge < -0.3 is 9.84 Å². The number of aliphatic hydroxyl groups excluding tert-OH is 1. The van der Waals surface area contributed by atoms with Crippen molar-refractivity contribution in [1.29, 1.82) is 0 Å². The highest BCUT2D eigenvalue weighted by Crippen LogP contribution is 2.40. The van der Waals surface area contributed by atoms with Gasteiger partial charge in [-0.1, -0.05) is 49.8 Å². The highest BCUT2D eigenvalue weighted by Gasteiger charge is 2.30. The Morgan fingerprint density at radius 2 is 1.92 bits per heavy atom. The average Bonchev–Trinajstić information content (AvgIpc) is 2.51. The third-order valence-electron chi connectivity index (χ3n) is 4.47. The van der Waals surface area contributed by atoms with Gasteiger partial charge in [0.15, 0.2) is 0 Å². The second-order valence-electron chi connectivity index (χ2n) is 7.05. The summed E-state index contributed by atoms with van der Waals surface area (Å²) >= 11 is 0. The highest BCUT2D eigenvalue weighted by atomic mass is 16.5. The standard InChI is InChI=1S/C21H30O3/c1-15(8-7-9-16(2)14-20(23)24-6)10-11-18-17(3)19(22)12-13-21(18,4)5/h7-11,14,19,22H,12-13H2,1-6H3/b9-7+,11-10+,15-8-,16-14+. The van der Waals surface area contributed by atoms with Gasteiger partial charge in [-0.05, 0) is 55.7 Å². The summed E-state index contributed by atoms with van der Waals surface area (Å²) in [6.45, 7) is 10.4. The molecule has 3 heteroatoms. The van der Waals surface area contributed by atoms with E-state index in [0.717, 1.165) is 29.6 Å². The Morgan fingerprint density at radius 3 is 2.54 bits per heavy atom. The second kappa shape index (κ2) is 8.84. The van der Waals surface area contributed by atoms with Crippen molar-refractivity contribution in [1.82, 2.24) is 0 Å². The largest absolute Gasteiger partial charge is 0.466 e. The first-order valence-corrected chi connectivity index (χ1v) is 8.36. The fourth-order valence-electron chi connectivity index (χ4n) is 2.83. The third-order valence-corrected chi connectivity index (χ3v) is 4.47. The number of carbonyl (C=O) groups is 1. The quantitative estimate of drug-likeness (QED) is 0.453. The van der Waals surface area contributed by atoms with E-state index in [1.807, 2.05) is 39.0 Å². The van der Waals surface area contributed by atoms with E-state index in [2.05, 4.69) is 30.7 Å². The van der Waals surface area contributed by atoms with Crippen LogP contribution in [0.5, 0.6) is 0 Å². The zero-order chi connectivity index (χ0) is 18.3. The van der Waals surface area contributed by atoms with Gasteiger partial charge in [0.25, 0.3) is 0 Å². The summed E-state index contributed by atoms with van der Waals surface area (Å²) in [6, 6.07) is 0. The SMILES string of the molecule is COC(=O)/C=C(C)/C=C/C=C(C)\C=C\C1=C(C)C(O)CCC1(C)C. The Bertz CT molecular complexity index is 613. The molecule has 0 aromatic heterocycles. The molecule has 1 aliphatic carbocycles. The molecule has 0 fully saturated rings.